The number of halogens is 2. The number of rotatable bonds is 10. The first-order valence-corrected chi connectivity index (χ1v) is 13.4. The summed E-state index contributed by atoms with van der Waals surface area (Å²) in [6.07, 6.45) is 4.50. The first-order valence-electron chi connectivity index (χ1n) is 9.77. The van der Waals surface area contributed by atoms with E-state index in [1.165, 1.54) is 6.42 Å². The zero-order valence-electron chi connectivity index (χ0n) is 16.2. The molecule has 25 heavy (non-hydrogen) atoms. The zero-order chi connectivity index (χ0) is 18.6. The van der Waals surface area contributed by atoms with Crippen molar-refractivity contribution >= 4 is 31.5 Å². The average molecular weight is 404 g/mol. The van der Waals surface area contributed by atoms with E-state index in [4.69, 9.17) is 27.6 Å². The summed E-state index contributed by atoms with van der Waals surface area (Å²) in [6.45, 7) is 12.1. The van der Waals surface area contributed by atoms with Crippen molar-refractivity contribution in [2.75, 3.05) is 6.54 Å². The number of nitrogens with zero attached hydrogens (tertiary/aromatic N) is 1. The molecule has 0 saturated heterocycles. The van der Waals surface area contributed by atoms with E-state index in [1.54, 1.807) is 12.4 Å². The van der Waals surface area contributed by atoms with E-state index in [9.17, 15) is 0 Å². The van der Waals surface area contributed by atoms with E-state index in [0.29, 0.717) is 16.1 Å². The van der Waals surface area contributed by atoms with E-state index >= 15 is 0 Å². The first kappa shape index (κ1) is 21.2. The normalized spacial score (nSPS) is 22.2. The van der Waals surface area contributed by atoms with Gasteiger partial charge in [0.1, 0.15) is 0 Å². The number of aromatic nitrogens is 1. The Hall–Kier alpha value is -0.133. The molecule has 2 rings (SSSR count). The van der Waals surface area contributed by atoms with Gasteiger partial charge in [-0.05, 0) is 0 Å². The van der Waals surface area contributed by atoms with E-state index in [2.05, 4.69) is 44.9 Å². The van der Waals surface area contributed by atoms with Crippen molar-refractivity contribution in [1.82, 2.24) is 10.3 Å². The number of nitrogens with one attached hydrogen (secondary N) is 1. The van der Waals surface area contributed by atoms with E-state index in [-0.39, 0.29) is 6.10 Å². The Balaban J connectivity index is 2.19. The molecule has 1 heterocycles. The van der Waals surface area contributed by atoms with Gasteiger partial charge < -0.3 is 0 Å². The Morgan fingerprint density at radius 1 is 1.16 bits per heavy atom. The molecule has 1 aromatic heterocycles. The Labute approximate surface area is 164 Å². The van der Waals surface area contributed by atoms with Crippen LogP contribution in [0.2, 0.25) is 28.2 Å². The summed E-state index contributed by atoms with van der Waals surface area (Å²) in [5.41, 5.74) is 0.896. The van der Waals surface area contributed by atoms with Crippen molar-refractivity contribution in [3.63, 3.8) is 0 Å². The average Bonchev–Trinajstić information content (AvgIpc) is 3.37. The van der Waals surface area contributed by atoms with Crippen LogP contribution in [-0.2, 0) is 4.43 Å². The molecule has 0 aromatic carbocycles. The van der Waals surface area contributed by atoms with Crippen LogP contribution in [0.15, 0.2) is 12.4 Å². The van der Waals surface area contributed by atoms with Crippen LogP contribution in [0.3, 0.4) is 0 Å². The summed E-state index contributed by atoms with van der Waals surface area (Å²) < 4.78 is 6.81. The third-order valence-electron chi connectivity index (χ3n) is 6.16. The van der Waals surface area contributed by atoms with Crippen LogP contribution >= 0.6 is 23.2 Å². The molecule has 6 heteroatoms. The summed E-state index contributed by atoms with van der Waals surface area (Å²) >= 11 is 12.9. The number of hydrogen-bond acceptors (Lipinski definition) is 3. The third kappa shape index (κ3) is 5.20. The van der Waals surface area contributed by atoms with Gasteiger partial charge in [-0.1, -0.05) is 0 Å². The van der Waals surface area contributed by atoms with Crippen LogP contribution in [0.5, 0.6) is 0 Å². The molecule has 0 bridgehead atoms. The fraction of sp³-hybridized carbons (Fsp3) is 0.737. The van der Waals surface area contributed by atoms with Gasteiger partial charge in [0.15, 0.2) is 0 Å². The molecular weight excluding hydrogens is 371 g/mol. The summed E-state index contributed by atoms with van der Waals surface area (Å²) in [4.78, 5) is 4.10. The number of hydrogen-bond donors (Lipinski definition) is 1. The van der Waals surface area contributed by atoms with Crippen LogP contribution < -0.4 is 5.32 Å². The predicted molar refractivity (Wildman–Crippen MR) is 111 cm³/mol. The quantitative estimate of drug-likeness (QED) is 0.499. The summed E-state index contributed by atoms with van der Waals surface area (Å²) in [7, 11) is -2.10. The van der Waals surface area contributed by atoms with Crippen LogP contribution in [-0.4, -0.2) is 25.9 Å². The minimum absolute atomic E-state index is 0.0961. The first-order chi connectivity index (χ1) is 11.9. The molecule has 1 aromatic rings. The molecule has 1 unspecified atom stereocenters. The van der Waals surface area contributed by atoms with Gasteiger partial charge in [-0.25, -0.2) is 0 Å². The topological polar surface area (TPSA) is 34.1 Å². The molecule has 0 radical (unpaired) electrons. The van der Waals surface area contributed by atoms with Crippen molar-refractivity contribution in [2.24, 2.45) is 11.8 Å². The standard InChI is InChI=1S/C19H33Cl2N2OSi/c1-6-25(7-2,8-3)24-18(12-23-17-9-14(17)13(4)5)19-15(20)10-22-11-16(19)21/h10-11,13-14,17-18,23,25H,6-9,12H2,1-5H3/q-1/t14-,17+,18?/m1/s1. The van der Waals surface area contributed by atoms with Crippen LogP contribution in [0.25, 0.3) is 0 Å². The molecule has 3 atom stereocenters. The molecule has 1 aliphatic carbocycles. The van der Waals surface area contributed by atoms with E-state index < -0.39 is 8.32 Å². The Morgan fingerprint density at radius 3 is 2.16 bits per heavy atom. The van der Waals surface area contributed by atoms with Gasteiger partial charge in [0.2, 0.25) is 0 Å². The number of pyridine rings is 1. The SMILES string of the molecule is CC[SiH-](CC)(CC)OC(CN[C@H]1C[C@@H]1C(C)C)c1c(Cl)cncc1Cl. The third-order valence-corrected chi connectivity index (χ3v) is 12.1. The second kappa shape index (κ2) is 9.18. The van der Waals surface area contributed by atoms with Crippen molar-refractivity contribution in [3.8, 4) is 0 Å². The molecule has 0 spiro atoms. The molecular formula is C19H33Cl2N2OSi-. The predicted octanol–water partition coefficient (Wildman–Crippen LogP) is 5.82. The Kier molecular flexibility index (Phi) is 7.78. The molecule has 144 valence electrons. The van der Waals surface area contributed by atoms with Gasteiger partial charge in [-0.2, -0.15) is 0 Å². The van der Waals surface area contributed by atoms with Gasteiger partial charge in [-0.15, -0.1) is 0 Å². The molecule has 1 aliphatic rings. The summed E-state index contributed by atoms with van der Waals surface area (Å²) in [6, 6.07) is 3.99. The van der Waals surface area contributed by atoms with Crippen molar-refractivity contribution in [2.45, 2.75) is 71.3 Å². The molecule has 0 amide bonds. The van der Waals surface area contributed by atoms with Crippen molar-refractivity contribution in [1.29, 1.82) is 0 Å². The maximum absolute atomic E-state index is 6.81. The van der Waals surface area contributed by atoms with Crippen LogP contribution in [0.1, 0.15) is 52.7 Å². The molecule has 0 aliphatic heterocycles. The van der Waals surface area contributed by atoms with Gasteiger partial charge in [0.25, 0.3) is 0 Å². The van der Waals surface area contributed by atoms with Gasteiger partial charge in [-0.3, -0.25) is 0 Å². The van der Waals surface area contributed by atoms with E-state index in [0.717, 1.165) is 42.1 Å². The van der Waals surface area contributed by atoms with Crippen molar-refractivity contribution in [3.05, 3.63) is 28.0 Å². The Bertz CT molecular complexity index is 538. The minimum atomic E-state index is -2.10. The molecule has 1 saturated carbocycles. The van der Waals surface area contributed by atoms with Gasteiger partial charge in [0.05, 0.1) is 0 Å². The summed E-state index contributed by atoms with van der Waals surface area (Å²) in [5.74, 6) is 1.50. The fourth-order valence-corrected chi connectivity index (χ4v) is 7.74. The van der Waals surface area contributed by atoms with Gasteiger partial charge >= 0.3 is 164 Å². The molecule has 1 fully saturated rings. The van der Waals surface area contributed by atoms with Crippen LogP contribution in [0.4, 0.5) is 0 Å². The van der Waals surface area contributed by atoms with E-state index in [1.807, 2.05) is 0 Å². The van der Waals surface area contributed by atoms with Crippen molar-refractivity contribution < 1.29 is 4.43 Å². The Morgan fingerprint density at radius 2 is 1.72 bits per heavy atom. The maximum atomic E-state index is 6.81. The second-order valence-electron chi connectivity index (χ2n) is 7.89. The fourth-order valence-electron chi connectivity index (χ4n) is 3.89. The van der Waals surface area contributed by atoms with Crippen LogP contribution in [0, 0.1) is 11.8 Å². The summed E-state index contributed by atoms with van der Waals surface area (Å²) in [5, 5.41) is 4.91. The molecule has 1 N–H and O–H groups in total. The monoisotopic (exact) mass is 403 g/mol. The second-order valence-corrected chi connectivity index (χ2v) is 14.2. The molecule has 3 nitrogen and oxygen atoms in total. The zero-order valence-corrected chi connectivity index (χ0v) is 18.9. The van der Waals surface area contributed by atoms with Gasteiger partial charge in [0, 0.05) is 0 Å².